The fourth-order valence-corrected chi connectivity index (χ4v) is 4.56. The molecule has 1 aliphatic rings. The molecular weight excluding hydrogens is 348 g/mol. The Balaban J connectivity index is 1.73. The fraction of sp³-hybridized carbons (Fsp3) is 0.438. The highest BCUT2D eigenvalue weighted by atomic mass is 79.9. The number of anilines is 1. The molecule has 0 spiro atoms. The lowest BCUT2D eigenvalue weighted by Crippen LogP contribution is -2.30. The molecule has 1 fully saturated rings. The summed E-state index contributed by atoms with van der Waals surface area (Å²) in [7, 11) is 0. The van der Waals surface area contributed by atoms with Crippen LogP contribution in [-0.2, 0) is 0 Å². The summed E-state index contributed by atoms with van der Waals surface area (Å²) in [5, 5.41) is 4.03. The number of hydrogen-bond donors (Lipinski definition) is 2. The Bertz CT molecular complexity index is 662. The molecular formula is C16H19BrN2OS. The zero-order valence-corrected chi connectivity index (χ0v) is 14.2. The van der Waals surface area contributed by atoms with E-state index in [9.17, 15) is 4.79 Å². The van der Waals surface area contributed by atoms with Crippen molar-refractivity contribution in [1.82, 2.24) is 5.32 Å². The minimum absolute atomic E-state index is 0.0320. The average Bonchev–Trinajstić information content (AvgIpc) is 2.82. The van der Waals surface area contributed by atoms with Crippen LogP contribution in [0.3, 0.4) is 0 Å². The summed E-state index contributed by atoms with van der Waals surface area (Å²) in [5.74, 6) is 0.600. The predicted molar refractivity (Wildman–Crippen MR) is 92.8 cm³/mol. The Morgan fingerprint density at radius 2 is 2.10 bits per heavy atom. The lowest BCUT2D eigenvalue weighted by atomic mass is 9.89. The molecule has 1 aliphatic carbocycles. The smallest absolute Gasteiger partial charge is 0.263 e. The maximum Gasteiger partial charge on any atom is 0.263 e. The van der Waals surface area contributed by atoms with Gasteiger partial charge in [0.25, 0.3) is 5.91 Å². The van der Waals surface area contributed by atoms with E-state index in [2.05, 4.69) is 21.2 Å². The number of halogens is 1. The summed E-state index contributed by atoms with van der Waals surface area (Å²) in [4.78, 5) is 13.0. The number of carbonyl (C=O) groups is 1. The van der Waals surface area contributed by atoms with Crippen molar-refractivity contribution in [2.45, 2.75) is 32.1 Å². The van der Waals surface area contributed by atoms with Crippen molar-refractivity contribution >= 4 is 48.9 Å². The zero-order chi connectivity index (χ0) is 14.8. The van der Waals surface area contributed by atoms with Gasteiger partial charge >= 0.3 is 0 Å². The third-order valence-electron chi connectivity index (χ3n) is 4.17. The Labute approximate surface area is 137 Å². The van der Waals surface area contributed by atoms with E-state index in [4.69, 9.17) is 5.73 Å². The third-order valence-corrected chi connectivity index (χ3v) is 5.83. The molecule has 0 aliphatic heterocycles. The molecule has 3 N–H and O–H groups in total. The van der Waals surface area contributed by atoms with Gasteiger partial charge in [-0.05, 0) is 30.9 Å². The topological polar surface area (TPSA) is 55.1 Å². The Morgan fingerprint density at radius 3 is 2.86 bits per heavy atom. The van der Waals surface area contributed by atoms with E-state index < -0.39 is 0 Å². The molecule has 1 amide bonds. The summed E-state index contributed by atoms with van der Waals surface area (Å²) >= 11 is 4.92. The second-order valence-electron chi connectivity index (χ2n) is 5.70. The van der Waals surface area contributed by atoms with Gasteiger partial charge < -0.3 is 11.1 Å². The van der Waals surface area contributed by atoms with Gasteiger partial charge in [0.1, 0.15) is 4.88 Å². The molecule has 21 heavy (non-hydrogen) atoms. The number of benzene rings is 1. The van der Waals surface area contributed by atoms with Gasteiger partial charge in [-0.1, -0.05) is 41.3 Å². The monoisotopic (exact) mass is 366 g/mol. The van der Waals surface area contributed by atoms with Gasteiger partial charge in [0, 0.05) is 21.1 Å². The van der Waals surface area contributed by atoms with Crippen LogP contribution in [0, 0.1) is 5.92 Å². The number of amides is 1. The second kappa shape index (κ2) is 6.36. The van der Waals surface area contributed by atoms with E-state index in [1.807, 2.05) is 18.2 Å². The van der Waals surface area contributed by atoms with Crippen LogP contribution in [-0.4, -0.2) is 12.5 Å². The first-order valence-electron chi connectivity index (χ1n) is 7.41. The van der Waals surface area contributed by atoms with Gasteiger partial charge in [-0.3, -0.25) is 4.79 Å². The number of thiophene rings is 1. The number of carbonyl (C=O) groups excluding carboxylic acids is 1. The number of nitrogens with two attached hydrogens (primary N) is 1. The summed E-state index contributed by atoms with van der Waals surface area (Å²) < 4.78 is 2.05. The third kappa shape index (κ3) is 3.24. The lowest BCUT2D eigenvalue weighted by Gasteiger charge is -2.21. The fourth-order valence-electron chi connectivity index (χ4n) is 2.97. The molecule has 112 valence electrons. The van der Waals surface area contributed by atoms with Crippen molar-refractivity contribution in [3.8, 4) is 0 Å². The van der Waals surface area contributed by atoms with Crippen LogP contribution in [0.5, 0.6) is 0 Å². The molecule has 1 heterocycles. The van der Waals surface area contributed by atoms with Crippen molar-refractivity contribution in [2.75, 3.05) is 12.3 Å². The number of fused-ring (bicyclic) bond motifs is 1. The van der Waals surface area contributed by atoms with Gasteiger partial charge in [0.05, 0.1) is 5.69 Å². The quantitative estimate of drug-likeness (QED) is 0.836. The molecule has 3 rings (SSSR count). The Hall–Kier alpha value is -1.07. The van der Waals surface area contributed by atoms with E-state index in [0.29, 0.717) is 16.5 Å². The van der Waals surface area contributed by atoms with Crippen LogP contribution in [0.2, 0.25) is 0 Å². The van der Waals surface area contributed by atoms with E-state index in [1.54, 1.807) is 0 Å². The van der Waals surface area contributed by atoms with E-state index in [1.165, 1.54) is 43.4 Å². The number of rotatable bonds is 3. The van der Waals surface area contributed by atoms with Crippen molar-refractivity contribution in [3.63, 3.8) is 0 Å². The minimum Gasteiger partial charge on any atom is -0.397 e. The standard InChI is InChI=1S/C16H19BrN2OS/c17-11-6-7-12-13(8-11)21-15(14(12)18)16(20)19-9-10-4-2-1-3-5-10/h6-8,10H,1-5,9,18H2,(H,19,20). The molecule has 0 radical (unpaired) electrons. The summed E-state index contributed by atoms with van der Waals surface area (Å²) in [5.41, 5.74) is 6.73. The van der Waals surface area contributed by atoms with Crippen LogP contribution < -0.4 is 11.1 Å². The van der Waals surface area contributed by atoms with E-state index in [0.717, 1.165) is 21.1 Å². The molecule has 1 saturated carbocycles. The highest BCUT2D eigenvalue weighted by molar-refractivity contribution is 9.10. The molecule has 0 atom stereocenters. The molecule has 1 aromatic heterocycles. The first kappa shape index (κ1) is 14.9. The number of nitrogen functional groups attached to an aromatic ring is 1. The molecule has 0 bridgehead atoms. The first-order chi connectivity index (χ1) is 10.1. The number of hydrogen-bond acceptors (Lipinski definition) is 3. The highest BCUT2D eigenvalue weighted by Crippen LogP contribution is 2.35. The van der Waals surface area contributed by atoms with Gasteiger partial charge in [-0.15, -0.1) is 11.3 Å². The van der Waals surface area contributed by atoms with Crippen LogP contribution in [0.4, 0.5) is 5.69 Å². The molecule has 5 heteroatoms. The maximum atomic E-state index is 12.4. The van der Waals surface area contributed by atoms with Gasteiger partial charge in [0.15, 0.2) is 0 Å². The van der Waals surface area contributed by atoms with Crippen molar-refractivity contribution in [3.05, 3.63) is 27.5 Å². The first-order valence-corrected chi connectivity index (χ1v) is 9.02. The second-order valence-corrected chi connectivity index (χ2v) is 7.67. The average molecular weight is 367 g/mol. The summed E-state index contributed by atoms with van der Waals surface area (Å²) in [6.45, 7) is 0.774. The zero-order valence-electron chi connectivity index (χ0n) is 11.8. The van der Waals surface area contributed by atoms with Crippen LogP contribution in [0.25, 0.3) is 10.1 Å². The van der Waals surface area contributed by atoms with Crippen molar-refractivity contribution in [2.24, 2.45) is 5.92 Å². The van der Waals surface area contributed by atoms with Crippen LogP contribution in [0.15, 0.2) is 22.7 Å². The van der Waals surface area contributed by atoms with Gasteiger partial charge in [-0.2, -0.15) is 0 Å². The van der Waals surface area contributed by atoms with Crippen LogP contribution >= 0.6 is 27.3 Å². The molecule has 1 aromatic carbocycles. The Kier molecular flexibility index (Phi) is 4.50. The summed E-state index contributed by atoms with van der Waals surface area (Å²) in [6.07, 6.45) is 6.38. The van der Waals surface area contributed by atoms with Crippen molar-refractivity contribution < 1.29 is 4.79 Å². The largest absolute Gasteiger partial charge is 0.397 e. The van der Waals surface area contributed by atoms with Crippen molar-refractivity contribution in [1.29, 1.82) is 0 Å². The van der Waals surface area contributed by atoms with E-state index in [-0.39, 0.29) is 5.91 Å². The summed E-state index contributed by atoms with van der Waals surface area (Å²) in [6, 6.07) is 5.92. The lowest BCUT2D eigenvalue weighted by molar-refractivity contribution is 0.0948. The molecule has 0 saturated heterocycles. The predicted octanol–water partition coefficient (Wildman–Crippen LogP) is 4.56. The Morgan fingerprint density at radius 1 is 1.33 bits per heavy atom. The van der Waals surface area contributed by atoms with Gasteiger partial charge in [0.2, 0.25) is 0 Å². The molecule has 3 nitrogen and oxygen atoms in total. The minimum atomic E-state index is -0.0320. The highest BCUT2D eigenvalue weighted by Gasteiger charge is 2.19. The molecule has 2 aromatic rings. The van der Waals surface area contributed by atoms with Crippen LogP contribution in [0.1, 0.15) is 41.8 Å². The normalized spacial score (nSPS) is 16.2. The van der Waals surface area contributed by atoms with Gasteiger partial charge in [-0.25, -0.2) is 0 Å². The molecule has 0 unspecified atom stereocenters. The van der Waals surface area contributed by atoms with E-state index >= 15 is 0 Å². The number of nitrogens with one attached hydrogen (secondary N) is 1. The SMILES string of the molecule is Nc1c(C(=O)NCC2CCCCC2)sc2cc(Br)ccc12. The maximum absolute atomic E-state index is 12.4.